The molecule has 0 spiro atoms. The van der Waals surface area contributed by atoms with Gasteiger partial charge < -0.3 is 4.74 Å². The lowest BCUT2D eigenvalue weighted by Crippen LogP contribution is -2.02. The first-order chi connectivity index (χ1) is 12.2. The fraction of sp³-hybridized carbons (Fsp3) is 0.300. The monoisotopic (exact) mass is 332 g/mol. The minimum atomic E-state index is 0.485. The van der Waals surface area contributed by atoms with E-state index in [1.807, 2.05) is 44.4 Å². The van der Waals surface area contributed by atoms with E-state index < -0.39 is 0 Å². The zero-order valence-corrected chi connectivity index (χ0v) is 14.5. The summed E-state index contributed by atoms with van der Waals surface area (Å²) < 4.78 is 5.98. The van der Waals surface area contributed by atoms with E-state index in [0.29, 0.717) is 12.5 Å². The van der Waals surface area contributed by atoms with Gasteiger partial charge in [-0.3, -0.25) is 4.98 Å². The van der Waals surface area contributed by atoms with Gasteiger partial charge in [0.1, 0.15) is 12.4 Å². The summed E-state index contributed by atoms with van der Waals surface area (Å²) in [4.78, 5) is 17.6. The number of aryl methyl sites for hydroxylation is 3. The van der Waals surface area contributed by atoms with Crippen LogP contribution in [0.1, 0.15) is 34.8 Å². The number of hydrogen-bond donors (Lipinski definition) is 0. The second kappa shape index (κ2) is 6.59. The maximum absolute atomic E-state index is 5.98. The lowest BCUT2D eigenvalue weighted by atomic mass is 10.0. The summed E-state index contributed by atoms with van der Waals surface area (Å²) >= 11 is 0. The Balaban J connectivity index is 1.65. The van der Waals surface area contributed by atoms with Crippen molar-refractivity contribution in [3.8, 4) is 17.0 Å². The molecule has 0 N–H and O–H groups in total. The van der Waals surface area contributed by atoms with E-state index in [0.717, 1.165) is 53.2 Å². The maximum atomic E-state index is 5.98. The van der Waals surface area contributed by atoms with Crippen LogP contribution in [0.25, 0.3) is 11.1 Å². The molecule has 25 heavy (non-hydrogen) atoms. The average molecular weight is 332 g/mol. The first-order valence-corrected chi connectivity index (χ1v) is 8.55. The van der Waals surface area contributed by atoms with Crippen LogP contribution < -0.4 is 4.74 Å². The first kappa shape index (κ1) is 15.7. The van der Waals surface area contributed by atoms with Crippen molar-refractivity contribution >= 4 is 0 Å². The Kier molecular flexibility index (Phi) is 4.14. The van der Waals surface area contributed by atoms with Crippen LogP contribution >= 0.6 is 0 Å². The second-order valence-corrected chi connectivity index (χ2v) is 6.40. The number of hydrogen-bond acceptors (Lipinski definition) is 5. The summed E-state index contributed by atoms with van der Waals surface area (Å²) in [5, 5.41) is 0. The standard InChI is InChI=1S/C20H20N4O/c1-13-8-15(6-7-21-13)12-25-20-9-18(16-10-22-14(2)23-11-16)17-4-3-5-19(17)24-20/h6-11H,3-5,12H2,1-2H3. The van der Waals surface area contributed by atoms with Crippen LogP contribution in [0.4, 0.5) is 0 Å². The van der Waals surface area contributed by atoms with Crippen molar-refractivity contribution in [1.82, 2.24) is 19.9 Å². The van der Waals surface area contributed by atoms with E-state index in [1.165, 1.54) is 5.56 Å². The molecular formula is C20H20N4O. The minimum absolute atomic E-state index is 0.485. The Morgan fingerprint density at radius 1 is 1.04 bits per heavy atom. The molecule has 0 atom stereocenters. The highest BCUT2D eigenvalue weighted by molar-refractivity contribution is 5.68. The van der Waals surface area contributed by atoms with Crippen molar-refractivity contribution < 1.29 is 4.74 Å². The maximum Gasteiger partial charge on any atom is 0.214 e. The zero-order valence-electron chi connectivity index (χ0n) is 14.5. The molecule has 0 radical (unpaired) electrons. The molecule has 3 aromatic rings. The highest BCUT2D eigenvalue weighted by Gasteiger charge is 2.20. The number of pyridine rings is 2. The van der Waals surface area contributed by atoms with E-state index >= 15 is 0 Å². The summed E-state index contributed by atoms with van der Waals surface area (Å²) in [6.07, 6.45) is 8.75. The van der Waals surface area contributed by atoms with Gasteiger partial charge in [-0.15, -0.1) is 0 Å². The predicted molar refractivity (Wildman–Crippen MR) is 95.3 cm³/mol. The van der Waals surface area contributed by atoms with Crippen LogP contribution in [0.3, 0.4) is 0 Å². The van der Waals surface area contributed by atoms with Crippen LogP contribution in [-0.4, -0.2) is 19.9 Å². The molecular weight excluding hydrogens is 312 g/mol. The van der Waals surface area contributed by atoms with E-state index in [4.69, 9.17) is 9.72 Å². The quantitative estimate of drug-likeness (QED) is 0.730. The molecule has 1 aliphatic rings. The second-order valence-electron chi connectivity index (χ2n) is 6.40. The summed E-state index contributed by atoms with van der Waals surface area (Å²) in [5.41, 5.74) is 6.69. The highest BCUT2D eigenvalue weighted by atomic mass is 16.5. The van der Waals surface area contributed by atoms with E-state index in [1.54, 1.807) is 6.20 Å². The van der Waals surface area contributed by atoms with Crippen LogP contribution in [0, 0.1) is 13.8 Å². The Hall–Kier alpha value is -2.82. The summed E-state index contributed by atoms with van der Waals surface area (Å²) in [5.74, 6) is 1.43. The molecule has 5 heteroatoms. The van der Waals surface area contributed by atoms with Gasteiger partial charge in [-0.05, 0) is 61.9 Å². The molecule has 3 aromatic heterocycles. The molecule has 0 saturated carbocycles. The van der Waals surface area contributed by atoms with Crippen molar-refractivity contribution in [2.24, 2.45) is 0 Å². The van der Waals surface area contributed by atoms with Crippen LogP contribution in [0.5, 0.6) is 5.88 Å². The summed E-state index contributed by atoms with van der Waals surface area (Å²) in [6, 6.07) is 6.02. The molecule has 0 aliphatic heterocycles. The van der Waals surface area contributed by atoms with Gasteiger partial charge in [0.05, 0.1) is 0 Å². The van der Waals surface area contributed by atoms with E-state index in [9.17, 15) is 0 Å². The third kappa shape index (κ3) is 3.36. The van der Waals surface area contributed by atoms with Gasteiger partial charge in [-0.2, -0.15) is 0 Å². The van der Waals surface area contributed by atoms with Crippen LogP contribution in [0.15, 0.2) is 36.8 Å². The largest absolute Gasteiger partial charge is 0.473 e. The van der Waals surface area contributed by atoms with Crippen molar-refractivity contribution in [1.29, 1.82) is 0 Å². The molecule has 3 heterocycles. The Bertz CT molecular complexity index is 906. The van der Waals surface area contributed by atoms with Gasteiger partial charge in [0, 0.05) is 41.6 Å². The number of fused-ring (bicyclic) bond motifs is 1. The third-order valence-corrected chi connectivity index (χ3v) is 4.47. The lowest BCUT2D eigenvalue weighted by molar-refractivity contribution is 0.293. The molecule has 1 aliphatic carbocycles. The van der Waals surface area contributed by atoms with E-state index in [-0.39, 0.29) is 0 Å². The van der Waals surface area contributed by atoms with Crippen molar-refractivity contribution in [3.63, 3.8) is 0 Å². The highest BCUT2D eigenvalue weighted by Crippen LogP contribution is 2.33. The Morgan fingerprint density at radius 3 is 2.68 bits per heavy atom. The molecule has 4 rings (SSSR count). The van der Waals surface area contributed by atoms with Gasteiger partial charge >= 0.3 is 0 Å². The van der Waals surface area contributed by atoms with Crippen molar-refractivity contribution in [2.45, 2.75) is 39.7 Å². The number of rotatable bonds is 4. The molecule has 0 amide bonds. The van der Waals surface area contributed by atoms with Gasteiger partial charge in [0.15, 0.2) is 0 Å². The fourth-order valence-corrected chi connectivity index (χ4v) is 3.23. The summed E-state index contributed by atoms with van der Waals surface area (Å²) in [7, 11) is 0. The first-order valence-electron chi connectivity index (χ1n) is 8.55. The summed E-state index contributed by atoms with van der Waals surface area (Å²) in [6.45, 7) is 4.36. The van der Waals surface area contributed by atoms with Crippen LogP contribution in [-0.2, 0) is 19.4 Å². The SMILES string of the molecule is Cc1cc(COc2cc(-c3cnc(C)nc3)c3c(n2)CCC3)ccn1. The van der Waals surface area contributed by atoms with Gasteiger partial charge in [0.2, 0.25) is 5.88 Å². The molecule has 0 unspecified atom stereocenters. The van der Waals surface area contributed by atoms with Crippen LogP contribution in [0.2, 0.25) is 0 Å². The number of aromatic nitrogens is 4. The molecule has 5 nitrogen and oxygen atoms in total. The number of ether oxygens (including phenoxy) is 1. The van der Waals surface area contributed by atoms with Gasteiger partial charge in [-0.1, -0.05) is 0 Å². The Morgan fingerprint density at radius 2 is 1.88 bits per heavy atom. The van der Waals surface area contributed by atoms with Crippen molar-refractivity contribution in [3.05, 3.63) is 65.1 Å². The van der Waals surface area contributed by atoms with Crippen molar-refractivity contribution in [2.75, 3.05) is 0 Å². The topological polar surface area (TPSA) is 60.8 Å². The predicted octanol–water partition coefficient (Wildman–Crippen LogP) is 3.62. The fourth-order valence-electron chi connectivity index (χ4n) is 3.23. The number of nitrogens with zero attached hydrogens (tertiary/aromatic N) is 4. The molecule has 126 valence electrons. The molecule has 0 fully saturated rings. The molecule has 0 aromatic carbocycles. The third-order valence-electron chi connectivity index (χ3n) is 4.47. The normalized spacial score (nSPS) is 12.9. The van der Waals surface area contributed by atoms with E-state index in [2.05, 4.69) is 15.0 Å². The smallest absolute Gasteiger partial charge is 0.214 e. The molecule has 0 bridgehead atoms. The van der Waals surface area contributed by atoms with Gasteiger partial charge in [-0.25, -0.2) is 15.0 Å². The lowest BCUT2D eigenvalue weighted by Gasteiger charge is -2.12. The minimum Gasteiger partial charge on any atom is -0.473 e. The molecule has 0 saturated heterocycles. The Labute approximate surface area is 147 Å². The van der Waals surface area contributed by atoms with Gasteiger partial charge in [0.25, 0.3) is 0 Å². The average Bonchev–Trinajstić information content (AvgIpc) is 3.09. The zero-order chi connectivity index (χ0) is 17.2.